The largest absolute Gasteiger partial charge is 0.326 e. The summed E-state index contributed by atoms with van der Waals surface area (Å²) in [6.07, 6.45) is 3.04. The molecule has 2 aromatic heterocycles. The lowest BCUT2D eigenvalue weighted by molar-refractivity contribution is -0.115. The monoisotopic (exact) mass is 530 g/mol. The van der Waals surface area contributed by atoms with Crippen LogP contribution in [0, 0.1) is 18.3 Å². The molecule has 4 aromatic rings. The zero-order valence-corrected chi connectivity index (χ0v) is 21.4. The van der Waals surface area contributed by atoms with Crippen LogP contribution in [0.3, 0.4) is 0 Å². The van der Waals surface area contributed by atoms with E-state index in [0.717, 1.165) is 16.8 Å². The fourth-order valence-electron chi connectivity index (χ4n) is 3.23. The molecule has 0 radical (unpaired) electrons. The van der Waals surface area contributed by atoms with Crippen LogP contribution in [-0.4, -0.2) is 35.0 Å². The van der Waals surface area contributed by atoms with E-state index >= 15 is 0 Å². The van der Waals surface area contributed by atoms with Crippen LogP contribution in [0.15, 0.2) is 89.0 Å². The Balaban J connectivity index is 1.33. The van der Waals surface area contributed by atoms with Gasteiger partial charge in [0.15, 0.2) is 0 Å². The summed E-state index contributed by atoms with van der Waals surface area (Å²) in [4.78, 5) is 24.8. The fourth-order valence-corrected chi connectivity index (χ4v) is 5.10. The smallest absolute Gasteiger partial charge is 0.264 e. The first-order valence-electron chi connectivity index (χ1n) is 11.1. The number of aryl methyl sites for hydroxylation is 1. The first-order chi connectivity index (χ1) is 17.8. The number of carbonyl (C=O) groups excluding carboxylic acids is 1. The summed E-state index contributed by atoms with van der Waals surface area (Å²) in [5.74, 6) is 0.140. The number of amides is 1. The molecule has 2 aromatic carbocycles. The normalized spacial score (nSPS) is 10.9. The number of rotatable bonds is 9. The highest BCUT2D eigenvalue weighted by Crippen LogP contribution is 2.26. The topological polar surface area (TPSA) is 138 Å². The van der Waals surface area contributed by atoms with E-state index in [-0.39, 0.29) is 23.2 Å². The number of nitrogens with one attached hydrogen (secondary N) is 2. The fraction of sp³-hybridized carbons (Fsp3) is 0.115. The highest BCUT2D eigenvalue weighted by molar-refractivity contribution is 7.99. The van der Waals surface area contributed by atoms with Crippen molar-refractivity contribution >= 4 is 39.3 Å². The van der Waals surface area contributed by atoms with Crippen molar-refractivity contribution in [1.29, 1.82) is 5.26 Å². The Labute approximate surface area is 219 Å². The van der Waals surface area contributed by atoms with Crippen molar-refractivity contribution in [3.05, 3.63) is 90.3 Å². The second-order valence-electron chi connectivity index (χ2n) is 7.88. The first-order valence-corrected chi connectivity index (χ1v) is 13.6. The summed E-state index contributed by atoms with van der Waals surface area (Å²) in [5.41, 5.74) is 3.77. The van der Waals surface area contributed by atoms with Crippen LogP contribution in [0.25, 0.3) is 11.3 Å². The van der Waals surface area contributed by atoms with E-state index in [1.54, 1.807) is 12.1 Å². The molecule has 2 heterocycles. The van der Waals surface area contributed by atoms with Gasteiger partial charge in [0.1, 0.15) is 11.1 Å². The first kappa shape index (κ1) is 25.8. The molecule has 1 amide bonds. The zero-order chi connectivity index (χ0) is 26.3. The minimum atomic E-state index is -3.86. The SMILES string of the molecule is Cc1ccc(-c2ccc(C#N)c(SCCC(=O)Nc3ccc(S(=O)(=O)Nc4ncccn4)cc3)n2)cc1. The number of anilines is 2. The van der Waals surface area contributed by atoms with Crippen LogP contribution in [0.5, 0.6) is 0 Å². The molecule has 4 rings (SSSR count). The van der Waals surface area contributed by atoms with Gasteiger partial charge in [-0.05, 0) is 49.4 Å². The maximum Gasteiger partial charge on any atom is 0.264 e. The van der Waals surface area contributed by atoms with E-state index in [9.17, 15) is 18.5 Å². The van der Waals surface area contributed by atoms with Crippen molar-refractivity contribution in [3.63, 3.8) is 0 Å². The van der Waals surface area contributed by atoms with Gasteiger partial charge in [0.2, 0.25) is 11.9 Å². The molecule has 0 atom stereocenters. The summed E-state index contributed by atoms with van der Waals surface area (Å²) < 4.78 is 27.3. The molecular weight excluding hydrogens is 508 g/mol. The minimum Gasteiger partial charge on any atom is -0.326 e. The Bertz CT molecular complexity index is 1540. The molecule has 0 aliphatic carbocycles. The Kier molecular flexibility index (Phi) is 8.12. The van der Waals surface area contributed by atoms with E-state index in [2.05, 4.69) is 31.1 Å². The predicted molar refractivity (Wildman–Crippen MR) is 142 cm³/mol. The van der Waals surface area contributed by atoms with Gasteiger partial charge < -0.3 is 5.32 Å². The van der Waals surface area contributed by atoms with Crippen LogP contribution in [-0.2, 0) is 14.8 Å². The van der Waals surface area contributed by atoms with Crippen LogP contribution in [0.4, 0.5) is 11.6 Å². The number of hydrogen-bond donors (Lipinski definition) is 2. The molecule has 2 N–H and O–H groups in total. The third-order valence-corrected chi connectivity index (χ3v) is 7.47. The van der Waals surface area contributed by atoms with Crippen molar-refractivity contribution < 1.29 is 13.2 Å². The lowest BCUT2D eigenvalue weighted by Gasteiger charge is -2.09. The molecule has 0 fully saturated rings. The standard InChI is InChI=1S/C26H22N6O3S2/c1-18-3-5-19(6-4-18)23-12-7-20(17-27)25(31-23)36-16-13-24(33)30-21-8-10-22(11-9-21)37(34,35)32-26-28-14-2-15-29-26/h2-12,14-15H,13,16H2,1H3,(H,30,33)(H,28,29,32). The van der Waals surface area contributed by atoms with E-state index < -0.39 is 10.0 Å². The van der Waals surface area contributed by atoms with Crippen LogP contribution < -0.4 is 10.0 Å². The van der Waals surface area contributed by atoms with E-state index in [0.29, 0.717) is 22.0 Å². The molecule has 186 valence electrons. The number of sulfonamides is 1. The summed E-state index contributed by atoms with van der Waals surface area (Å²) in [6.45, 7) is 2.01. The van der Waals surface area contributed by atoms with Crippen molar-refractivity contribution in [2.24, 2.45) is 0 Å². The van der Waals surface area contributed by atoms with Gasteiger partial charge in [-0.1, -0.05) is 29.8 Å². The van der Waals surface area contributed by atoms with E-state index in [1.165, 1.54) is 48.4 Å². The summed E-state index contributed by atoms with van der Waals surface area (Å²) in [6, 6.07) is 21.0. The number of pyridine rings is 1. The maximum absolute atomic E-state index is 12.5. The number of benzene rings is 2. The highest BCUT2D eigenvalue weighted by Gasteiger charge is 2.16. The average molecular weight is 531 g/mol. The van der Waals surface area contributed by atoms with Crippen LogP contribution in [0.1, 0.15) is 17.5 Å². The number of hydrogen-bond acceptors (Lipinski definition) is 8. The van der Waals surface area contributed by atoms with Gasteiger partial charge in [0.05, 0.1) is 16.2 Å². The van der Waals surface area contributed by atoms with Crippen molar-refractivity contribution in [2.75, 3.05) is 15.8 Å². The van der Waals surface area contributed by atoms with Gasteiger partial charge in [-0.15, -0.1) is 11.8 Å². The Morgan fingerprint density at radius 2 is 1.70 bits per heavy atom. The van der Waals surface area contributed by atoms with Crippen molar-refractivity contribution in [1.82, 2.24) is 15.0 Å². The van der Waals surface area contributed by atoms with Crippen molar-refractivity contribution in [2.45, 2.75) is 23.3 Å². The number of thioether (sulfide) groups is 1. The Morgan fingerprint density at radius 1 is 1.00 bits per heavy atom. The third kappa shape index (κ3) is 6.91. The summed E-state index contributed by atoms with van der Waals surface area (Å²) in [7, 11) is -3.86. The molecule has 0 bridgehead atoms. The number of carbonyl (C=O) groups is 1. The average Bonchev–Trinajstić information content (AvgIpc) is 2.90. The molecular formula is C26H22N6O3S2. The molecule has 11 heteroatoms. The number of nitrogens with zero attached hydrogens (tertiary/aromatic N) is 4. The van der Waals surface area contributed by atoms with E-state index in [4.69, 9.17) is 0 Å². The third-order valence-electron chi connectivity index (χ3n) is 5.14. The van der Waals surface area contributed by atoms with E-state index in [1.807, 2.05) is 37.3 Å². The van der Waals surface area contributed by atoms with Gasteiger partial charge in [-0.25, -0.2) is 28.1 Å². The highest BCUT2D eigenvalue weighted by atomic mass is 32.2. The Hall–Kier alpha value is -4.27. The van der Waals surface area contributed by atoms with Crippen molar-refractivity contribution in [3.8, 4) is 17.3 Å². The predicted octanol–water partition coefficient (Wildman–Crippen LogP) is 4.64. The van der Waals surface area contributed by atoms with Gasteiger partial charge in [-0.2, -0.15) is 5.26 Å². The number of nitriles is 1. The Morgan fingerprint density at radius 3 is 2.38 bits per heavy atom. The molecule has 9 nitrogen and oxygen atoms in total. The van der Waals surface area contributed by atoms with Gasteiger partial charge in [-0.3, -0.25) is 4.79 Å². The second kappa shape index (κ2) is 11.6. The van der Waals surface area contributed by atoms with Gasteiger partial charge in [0, 0.05) is 35.8 Å². The lowest BCUT2D eigenvalue weighted by atomic mass is 10.1. The molecule has 0 aliphatic rings. The second-order valence-corrected chi connectivity index (χ2v) is 10.6. The minimum absolute atomic E-state index is 0.0112. The molecule has 0 saturated heterocycles. The summed E-state index contributed by atoms with van der Waals surface area (Å²) >= 11 is 1.34. The van der Waals surface area contributed by atoms with Gasteiger partial charge >= 0.3 is 0 Å². The summed E-state index contributed by atoms with van der Waals surface area (Å²) in [5, 5.41) is 12.8. The molecule has 0 aliphatic heterocycles. The quantitative estimate of drug-likeness (QED) is 0.299. The van der Waals surface area contributed by atoms with Gasteiger partial charge in [0.25, 0.3) is 10.0 Å². The van der Waals surface area contributed by atoms with Crippen LogP contribution >= 0.6 is 11.8 Å². The number of aromatic nitrogens is 3. The van der Waals surface area contributed by atoms with Crippen LogP contribution in [0.2, 0.25) is 0 Å². The lowest BCUT2D eigenvalue weighted by Crippen LogP contribution is -2.15. The molecule has 0 unspecified atom stereocenters. The molecule has 37 heavy (non-hydrogen) atoms. The maximum atomic E-state index is 12.5. The zero-order valence-electron chi connectivity index (χ0n) is 19.7. The molecule has 0 spiro atoms. The molecule has 0 saturated carbocycles.